The van der Waals surface area contributed by atoms with Crippen LogP contribution in [0.4, 0.5) is 5.82 Å². The summed E-state index contributed by atoms with van der Waals surface area (Å²) >= 11 is 0. The van der Waals surface area contributed by atoms with E-state index in [1.165, 1.54) is 10.8 Å². The number of methoxy groups -OCH3 is 1. The van der Waals surface area contributed by atoms with Crippen molar-refractivity contribution >= 4 is 22.5 Å². The third-order valence-electron chi connectivity index (χ3n) is 6.21. The zero-order valence-electron chi connectivity index (χ0n) is 18.6. The van der Waals surface area contributed by atoms with Gasteiger partial charge in [0.25, 0.3) is 0 Å². The maximum Gasteiger partial charge on any atom is 0.227 e. The third kappa shape index (κ3) is 4.37. The molecular formula is C27H26N4O2. The molecule has 0 bridgehead atoms. The first-order chi connectivity index (χ1) is 16.2. The van der Waals surface area contributed by atoms with Crippen molar-refractivity contribution in [3.8, 4) is 17.0 Å². The Hall–Kier alpha value is -3.93. The van der Waals surface area contributed by atoms with Gasteiger partial charge in [-0.15, -0.1) is 10.2 Å². The Labute approximate surface area is 193 Å². The number of para-hydroxylation sites is 1. The van der Waals surface area contributed by atoms with E-state index in [1.807, 2.05) is 53.4 Å². The van der Waals surface area contributed by atoms with Crippen molar-refractivity contribution in [1.29, 1.82) is 0 Å². The fourth-order valence-electron chi connectivity index (χ4n) is 4.39. The summed E-state index contributed by atoms with van der Waals surface area (Å²) in [6.45, 7) is 2.81. The number of hydrogen-bond acceptors (Lipinski definition) is 5. The quantitative estimate of drug-likeness (QED) is 0.468. The Balaban J connectivity index is 1.24. The molecule has 0 saturated carbocycles. The average molecular weight is 439 g/mol. The molecule has 1 saturated heterocycles. The minimum atomic E-state index is 0.122. The number of anilines is 1. The van der Waals surface area contributed by atoms with Crippen LogP contribution >= 0.6 is 0 Å². The Morgan fingerprint density at radius 2 is 1.61 bits per heavy atom. The number of rotatable bonds is 5. The number of piperazine rings is 1. The fraction of sp³-hybridized carbons (Fsp3) is 0.222. The van der Waals surface area contributed by atoms with Crippen LogP contribution in [-0.4, -0.2) is 54.3 Å². The maximum atomic E-state index is 12.8. The van der Waals surface area contributed by atoms with Crippen LogP contribution in [0.15, 0.2) is 78.9 Å². The molecule has 0 N–H and O–H groups in total. The number of hydrogen-bond donors (Lipinski definition) is 0. The number of aromatic nitrogens is 2. The van der Waals surface area contributed by atoms with Crippen LogP contribution in [0.1, 0.15) is 5.56 Å². The van der Waals surface area contributed by atoms with Gasteiger partial charge in [-0.3, -0.25) is 4.79 Å². The number of carbonyl (C=O) groups is 1. The van der Waals surface area contributed by atoms with Gasteiger partial charge in [0, 0.05) is 37.3 Å². The highest BCUT2D eigenvalue weighted by atomic mass is 16.5. The highest BCUT2D eigenvalue weighted by Crippen LogP contribution is 2.27. The lowest BCUT2D eigenvalue weighted by Gasteiger charge is -2.35. The van der Waals surface area contributed by atoms with E-state index in [1.54, 1.807) is 7.11 Å². The summed E-state index contributed by atoms with van der Waals surface area (Å²) < 4.78 is 5.38. The molecule has 6 nitrogen and oxygen atoms in total. The number of ether oxygens (including phenoxy) is 1. The lowest BCUT2D eigenvalue weighted by atomic mass is 10.0. The molecule has 0 unspecified atom stereocenters. The van der Waals surface area contributed by atoms with Gasteiger partial charge in [-0.2, -0.15) is 0 Å². The second-order valence-corrected chi connectivity index (χ2v) is 8.16. The van der Waals surface area contributed by atoms with E-state index in [-0.39, 0.29) is 5.91 Å². The van der Waals surface area contributed by atoms with Gasteiger partial charge < -0.3 is 14.5 Å². The molecule has 0 atom stereocenters. The van der Waals surface area contributed by atoms with Crippen molar-refractivity contribution in [2.75, 3.05) is 38.2 Å². The summed E-state index contributed by atoms with van der Waals surface area (Å²) in [6, 6.07) is 26.3. The van der Waals surface area contributed by atoms with Crippen molar-refractivity contribution in [3.05, 3.63) is 84.4 Å². The van der Waals surface area contributed by atoms with Gasteiger partial charge in [-0.1, -0.05) is 60.7 Å². The first-order valence-electron chi connectivity index (χ1n) is 11.2. The molecule has 33 heavy (non-hydrogen) atoms. The Morgan fingerprint density at radius 1 is 0.848 bits per heavy atom. The van der Waals surface area contributed by atoms with Crippen LogP contribution in [-0.2, 0) is 11.2 Å². The summed E-state index contributed by atoms with van der Waals surface area (Å²) in [5, 5.41) is 11.4. The Bertz CT molecular complexity index is 1260. The molecule has 3 aromatic carbocycles. The lowest BCUT2D eigenvalue weighted by Crippen LogP contribution is -2.49. The summed E-state index contributed by atoms with van der Waals surface area (Å²) in [7, 11) is 1.63. The Morgan fingerprint density at radius 3 is 2.39 bits per heavy atom. The molecule has 5 rings (SSSR count). The SMILES string of the molecule is COc1ccccc1CC(=O)N1CCN(c2ccc(-c3cccc4ccccc34)nn2)CC1. The highest BCUT2D eigenvalue weighted by Gasteiger charge is 2.23. The van der Waals surface area contributed by atoms with Gasteiger partial charge in [0.15, 0.2) is 5.82 Å². The molecule has 1 amide bonds. The monoisotopic (exact) mass is 438 g/mol. The van der Waals surface area contributed by atoms with Gasteiger partial charge in [0.2, 0.25) is 5.91 Å². The van der Waals surface area contributed by atoms with Gasteiger partial charge >= 0.3 is 0 Å². The van der Waals surface area contributed by atoms with Gasteiger partial charge in [0.1, 0.15) is 5.75 Å². The minimum Gasteiger partial charge on any atom is -0.496 e. The van der Waals surface area contributed by atoms with Crippen LogP contribution in [0.5, 0.6) is 5.75 Å². The molecule has 166 valence electrons. The van der Waals surface area contributed by atoms with Crippen LogP contribution < -0.4 is 9.64 Å². The highest BCUT2D eigenvalue weighted by molar-refractivity contribution is 5.95. The van der Waals surface area contributed by atoms with E-state index >= 15 is 0 Å². The fourth-order valence-corrected chi connectivity index (χ4v) is 4.39. The van der Waals surface area contributed by atoms with Gasteiger partial charge in [0.05, 0.1) is 19.2 Å². The topological polar surface area (TPSA) is 58.6 Å². The molecule has 0 aliphatic carbocycles. The van der Waals surface area contributed by atoms with E-state index in [9.17, 15) is 4.79 Å². The normalized spacial score (nSPS) is 13.8. The zero-order valence-corrected chi connectivity index (χ0v) is 18.6. The number of amides is 1. The summed E-state index contributed by atoms with van der Waals surface area (Å²) in [5.74, 6) is 1.72. The van der Waals surface area contributed by atoms with Gasteiger partial charge in [-0.05, 0) is 29.0 Å². The zero-order chi connectivity index (χ0) is 22.6. The molecule has 4 aromatic rings. The van der Waals surface area contributed by atoms with Crippen LogP contribution in [0.3, 0.4) is 0 Å². The molecule has 0 spiro atoms. The molecule has 1 aliphatic heterocycles. The van der Waals surface area contributed by atoms with E-state index < -0.39 is 0 Å². The summed E-state index contributed by atoms with van der Waals surface area (Å²) in [4.78, 5) is 16.9. The third-order valence-corrected chi connectivity index (χ3v) is 6.21. The number of fused-ring (bicyclic) bond motifs is 1. The minimum absolute atomic E-state index is 0.122. The Kier molecular flexibility index (Phi) is 5.89. The van der Waals surface area contributed by atoms with E-state index in [2.05, 4.69) is 45.4 Å². The average Bonchev–Trinajstić information content (AvgIpc) is 2.89. The van der Waals surface area contributed by atoms with Crippen molar-refractivity contribution in [2.45, 2.75) is 6.42 Å². The molecule has 2 heterocycles. The van der Waals surface area contributed by atoms with E-state index in [0.29, 0.717) is 19.5 Å². The van der Waals surface area contributed by atoms with Crippen molar-refractivity contribution in [2.24, 2.45) is 0 Å². The first kappa shape index (κ1) is 20.9. The molecule has 0 radical (unpaired) electrons. The number of nitrogens with zero attached hydrogens (tertiary/aromatic N) is 4. The molecule has 1 fully saturated rings. The first-order valence-corrected chi connectivity index (χ1v) is 11.2. The van der Waals surface area contributed by atoms with Gasteiger partial charge in [-0.25, -0.2) is 0 Å². The predicted molar refractivity (Wildman–Crippen MR) is 130 cm³/mol. The largest absolute Gasteiger partial charge is 0.496 e. The predicted octanol–water partition coefficient (Wildman–Crippen LogP) is 4.20. The van der Waals surface area contributed by atoms with E-state index in [4.69, 9.17) is 4.74 Å². The smallest absolute Gasteiger partial charge is 0.227 e. The standard InChI is InChI=1S/C27H26N4O2/c1-33-25-12-5-3-8-21(25)19-27(32)31-17-15-30(16-18-31)26-14-13-24(28-29-26)23-11-6-9-20-7-2-4-10-22(20)23/h2-14H,15-19H2,1H3. The second kappa shape index (κ2) is 9.28. The van der Waals surface area contributed by atoms with Crippen molar-refractivity contribution < 1.29 is 9.53 Å². The number of benzene rings is 3. The van der Waals surface area contributed by atoms with E-state index in [0.717, 1.165) is 41.5 Å². The van der Waals surface area contributed by atoms with Crippen molar-refractivity contribution in [3.63, 3.8) is 0 Å². The lowest BCUT2D eigenvalue weighted by molar-refractivity contribution is -0.130. The summed E-state index contributed by atoms with van der Waals surface area (Å²) in [6.07, 6.45) is 0.351. The molecule has 1 aliphatic rings. The van der Waals surface area contributed by atoms with Crippen LogP contribution in [0, 0.1) is 0 Å². The van der Waals surface area contributed by atoms with Crippen molar-refractivity contribution in [1.82, 2.24) is 15.1 Å². The molecule has 1 aromatic heterocycles. The maximum absolute atomic E-state index is 12.8. The van der Waals surface area contributed by atoms with Crippen LogP contribution in [0.25, 0.3) is 22.0 Å². The molecule has 6 heteroatoms. The number of carbonyl (C=O) groups excluding carboxylic acids is 1. The summed E-state index contributed by atoms with van der Waals surface area (Å²) in [5.41, 5.74) is 2.86. The molecular weight excluding hydrogens is 412 g/mol. The second-order valence-electron chi connectivity index (χ2n) is 8.16. The van der Waals surface area contributed by atoms with Crippen LogP contribution in [0.2, 0.25) is 0 Å².